The molecule has 1 aliphatic carbocycles. The van der Waals surface area contributed by atoms with Crippen molar-refractivity contribution in [1.82, 2.24) is 0 Å². The van der Waals surface area contributed by atoms with Gasteiger partial charge in [-0.1, -0.05) is 0 Å². The van der Waals surface area contributed by atoms with Crippen LogP contribution in [0, 0.1) is 0 Å². The van der Waals surface area contributed by atoms with E-state index in [9.17, 15) is 4.79 Å². The molecule has 0 saturated carbocycles. The van der Waals surface area contributed by atoms with Gasteiger partial charge in [-0.3, -0.25) is 4.79 Å². The first-order chi connectivity index (χ1) is 10.1. The van der Waals surface area contributed by atoms with Crippen LogP contribution in [0.15, 0.2) is 12.1 Å². The van der Waals surface area contributed by atoms with E-state index in [1.165, 1.54) is 18.2 Å². The highest BCUT2D eigenvalue weighted by Gasteiger charge is 2.23. The van der Waals surface area contributed by atoms with Crippen LogP contribution in [0.25, 0.3) is 0 Å². The number of carbonyl (C=O) groups excluding carboxylic acids is 1. The number of rotatable bonds is 7. The van der Waals surface area contributed by atoms with Crippen LogP contribution in [0.3, 0.4) is 0 Å². The summed E-state index contributed by atoms with van der Waals surface area (Å²) in [6.45, 7) is 3.05. The number of fused-ring (bicyclic) bond motifs is 1. The van der Waals surface area contributed by atoms with Gasteiger partial charge in [-0.05, 0) is 43.4 Å². The lowest BCUT2D eigenvalue weighted by atomic mass is 10.1. The minimum Gasteiger partial charge on any atom is -0.494 e. The van der Waals surface area contributed by atoms with Gasteiger partial charge in [0.2, 0.25) is 0 Å². The summed E-state index contributed by atoms with van der Waals surface area (Å²) < 4.78 is 16.0. The highest BCUT2D eigenvalue weighted by Crippen LogP contribution is 2.34. The van der Waals surface area contributed by atoms with Crippen LogP contribution >= 0.6 is 0 Å². The summed E-state index contributed by atoms with van der Waals surface area (Å²) in [6, 6.07) is 4.11. The van der Waals surface area contributed by atoms with Crippen molar-refractivity contribution in [3.05, 3.63) is 23.3 Å². The number of esters is 1. The molecule has 2 N–H and O–H groups in total. The fraction of sp³-hybridized carbons (Fsp3) is 0.562. The maximum atomic E-state index is 11.1. The van der Waals surface area contributed by atoms with Gasteiger partial charge in [0.1, 0.15) is 11.5 Å². The van der Waals surface area contributed by atoms with Gasteiger partial charge in [0.05, 0.1) is 20.3 Å². The van der Waals surface area contributed by atoms with Gasteiger partial charge in [-0.2, -0.15) is 0 Å². The zero-order valence-corrected chi connectivity index (χ0v) is 12.7. The fourth-order valence-corrected chi connectivity index (χ4v) is 2.59. The lowest BCUT2D eigenvalue weighted by Crippen LogP contribution is -2.19. The quantitative estimate of drug-likeness (QED) is 0.613. The van der Waals surface area contributed by atoms with E-state index in [2.05, 4.69) is 4.74 Å². The van der Waals surface area contributed by atoms with Gasteiger partial charge in [0.15, 0.2) is 0 Å². The maximum absolute atomic E-state index is 11.1. The first-order valence-corrected chi connectivity index (χ1v) is 7.37. The number of ether oxygens (including phenoxy) is 3. The average molecular weight is 293 g/mol. The molecule has 1 aliphatic rings. The summed E-state index contributed by atoms with van der Waals surface area (Å²) in [7, 11) is 1.39. The molecule has 0 radical (unpaired) electrons. The van der Waals surface area contributed by atoms with Crippen LogP contribution in [0.5, 0.6) is 11.5 Å². The summed E-state index contributed by atoms with van der Waals surface area (Å²) in [4.78, 5) is 11.1. The second kappa shape index (κ2) is 7.31. The van der Waals surface area contributed by atoms with Crippen molar-refractivity contribution < 1.29 is 19.0 Å². The van der Waals surface area contributed by atoms with Gasteiger partial charge in [-0.25, -0.2) is 0 Å². The first kappa shape index (κ1) is 15.6. The van der Waals surface area contributed by atoms with Gasteiger partial charge < -0.3 is 19.9 Å². The summed E-state index contributed by atoms with van der Waals surface area (Å²) in [6.07, 6.45) is 2.68. The van der Waals surface area contributed by atoms with E-state index in [-0.39, 0.29) is 12.0 Å². The lowest BCUT2D eigenvalue weighted by Gasteiger charge is -2.13. The third kappa shape index (κ3) is 4.11. The molecule has 0 bridgehead atoms. The molecule has 1 unspecified atom stereocenters. The molecule has 0 saturated heterocycles. The SMILES string of the molecule is CCOc1cc2c(c(OCCCC(=O)OC)c1)CC(N)C2. The first-order valence-electron chi connectivity index (χ1n) is 7.37. The van der Waals surface area contributed by atoms with Crippen LogP contribution in [-0.2, 0) is 22.4 Å². The van der Waals surface area contributed by atoms with Crippen molar-refractivity contribution in [1.29, 1.82) is 0 Å². The molecule has 1 aromatic carbocycles. The molecular formula is C16H23NO4. The van der Waals surface area contributed by atoms with E-state index in [1.54, 1.807) is 0 Å². The summed E-state index contributed by atoms with van der Waals surface area (Å²) in [5.41, 5.74) is 8.41. The van der Waals surface area contributed by atoms with Crippen LogP contribution in [0.4, 0.5) is 0 Å². The second-order valence-corrected chi connectivity index (χ2v) is 5.19. The molecule has 2 rings (SSSR count). The lowest BCUT2D eigenvalue weighted by molar-refractivity contribution is -0.140. The van der Waals surface area contributed by atoms with Gasteiger partial charge in [0, 0.05) is 18.5 Å². The zero-order valence-electron chi connectivity index (χ0n) is 12.7. The highest BCUT2D eigenvalue weighted by molar-refractivity contribution is 5.69. The third-order valence-electron chi connectivity index (χ3n) is 3.54. The van der Waals surface area contributed by atoms with Crippen LogP contribution in [0.2, 0.25) is 0 Å². The number of methoxy groups -OCH3 is 1. The Morgan fingerprint density at radius 2 is 2.14 bits per heavy atom. The highest BCUT2D eigenvalue weighted by atomic mass is 16.5. The largest absolute Gasteiger partial charge is 0.494 e. The van der Waals surface area contributed by atoms with Crippen molar-refractivity contribution in [2.45, 2.75) is 38.6 Å². The number of nitrogens with two attached hydrogens (primary N) is 1. The topological polar surface area (TPSA) is 70.8 Å². The Kier molecular flexibility index (Phi) is 5.44. The Morgan fingerprint density at radius 3 is 2.86 bits per heavy atom. The average Bonchev–Trinajstić information content (AvgIpc) is 2.83. The molecule has 0 fully saturated rings. The molecule has 0 heterocycles. The van der Waals surface area contributed by atoms with Crippen LogP contribution in [0.1, 0.15) is 30.9 Å². The van der Waals surface area contributed by atoms with Crippen molar-refractivity contribution in [2.75, 3.05) is 20.3 Å². The third-order valence-corrected chi connectivity index (χ3v) is 3.54. The molecule has 0 aromatic heterocycles. The smallest absolute Gasteiger partial charge is 0.305 e. The Balaban J connectivity index is 2.02. The van der Waals surface area contributed by atoms with E-state index < -0.39 is 0 Å². The second-order valence-electron chi connectivity index (χ2n) is 5.19. The van der Waals surface area contributed by atoms with Gasteiger partial charge in [-0.15, -0.1) is 0 Å². The predicted octanol–water partition coefficient (Wildman–Crippen LogP) is 1.84. The summed E-state index contributed by atoms with van der Waals surface area (Å²) in [5, 5.41) is 0. The molecule has 116 valence electrons. The van der Waals surface area contributed by atoms with E-state index >= 15 is 0 Å². The Labute approximate surface area is 125 Å². The number of benzene rings is 1. The van der Waals surface area contributed by atoms with Crippen molar-refractivity contribution in [3.63, 3.8) is 0 Å². The molecule has 0 spiro atoms. The Hall–Kier alpha value is -1.75. The van der Waals surface area contributed by atoms with E-state index in [0.29, 0.717) is 26.1 Å². The van der Waals surface area contributed by atoms with Crippen molar-refractivity contribution in [3.8, 4) is 11.5 Å². The zero-order chi connectivity index (χ0) is 15.2. The molecule has 0 amide bonds. The standard InChI is InChI=1S/C16H23NO4/c1-3-20-13-8-11-7-12(17)9-14(11)15(10-13)21-6-4-5-16(18)19-2/h8,10,12H,3-7,9,17H2,1-2H3. The molecule has 5 nitrogen and oxygen atoms in total. The van der Waals surface area contributed by atoms with Gasteiger partial charge >= 0.3 is 5.97 Å². The predicted molar refractivity (Wildman–Crippen MR) is 79.7 cm³/mol. The number of carbonyl (C=O) groups is 1. The molecule has 0 aliphatic heterocycles. The fourth-order valence-electron chi connectivity index (χ4n) is 2.59. The summed E-state index contributed by atoms with van der Waals surface area (Å²) >= 11 is 0. The van der Waals surface area contributed by atoms with E-state index in [1.807, 2.05) is 19.1 Å². The van der Waals surface area contributed by atoms with E-state index in [0.717, 1.165) is 24.3 Å². The number of hydrogen-bond acceptors (Lipinski definition) is 5. The summed E-state index contributed by atoms with van der Waals surface area (Å²) in [5.74, 6) is 1.43. The number of hydrogen-bond donors (Lipinski definition) is 1. The van der Waals surface area contributed by atoms with Crippen LogP contribution in [-0.4, -0.2) is 32.3 Å². The van der Waals surface area contributed by atoms with Crippen LogP contribution < -0.4 is 15.2 Å². The van der Waals surface area contributed by atoms with Gasteiger partial charge in [0.25, 0.3) is 0 Å². The molecule has 1 aromatic rings. The monoisotopic (exact) mass is 293 g/mol. The molecule has 5 heteroatoms. The minimum atomic E-state index is -0.214. The van der Waals surface area contributed by atoms with E-state index in [4.69, 9.17) is 15.2 Å². The van der Waals surface area contributed by atoms with Crippen molar-refractivity contribution >= 4 is 5.97 Å². The van der Waals surface area contributed by atoms with Crippen molar-refractivity contribution in [2.24, 2.45) is 5.73 Å². The maximum Gasteiger partial charge on any atom is 0.305 e. The Bertz CT molecular complexity index is 501. The Morgan fingerprint density at radius 1 is 1.33 bits per heavy atom. The molecular weight excluding hydrogens is 270 g/mol. The molecule has 1 atom stereocenters. The normalized spacial score (nSPS) is 16.4. The minimum absolute atomic E-state index is 0.147. The molecule has 21 heavy (non-hydrogen) atoms.